The van der Waals surface area contributed by atoms with Crippen molar-refractivity contribution in [2.45, 2.75) is 20.5 Å². The standard InChI is InChI=1S/C25H22N4O3/c1-17-5-3-4-6-21(17)16-32-23-13-9-20(10-14-23)18(2)28-29-25(31)24(30)27-22-11-7-19(15-26)8-12-22/h3-14H,16H2,1-2H3,(H,27,30)(H,29,31). The van der Waals surface area contributed by atoms with Gasteiger partial charge in [-0.2, -0.15) is 10.4 Å². The number of rotatable bonds is 6. The number of ether oxygens (including phenoxy) is 1. The predicted octanol–water partition coefficient (Wildman–Crippen LogP) is 3.92. The third-order valence-electron chi connectivity index (χ3n) is 4.73. The lowest BCUT2D eigenvalue weighted by Crippen LogP contribution is -2.32. The van der Waals surface area contributed by atoms with E-state index in [4.69, 9.17) is 10.00 Å². The molecular weight excluding hydrogens is 404 g/mol. The molecule has 32 heavy (non-hydrogen) atoms. The molecule has 0 bridgehead atoms. The number of amides is 2. The summed E-state index contributed by atoms with van der Waals surface area (Å²) in [4.78, 5) is 24.0. The number of carbonyl (C=O) groups excluding carboxylic acids is 2. The second-order valence-corrected chi connectivity index (χ2v) is 7.02. The molecule has 0 saturated heterocycles. The molecule has 160 valence electrons. The average molecular weight is 426 g/mol. The van der Waals surface area contributed by atoms with Gasteiger partial charge in [0.2, 0.25) is 0 Å². The maximum absolute atomic E-state index is 12.0. The number of hydrogen-bond donors (Lipinski definition) is 2. The van der Waals surface area contributed by atoms with Gasteiger partial charge in [0, 0.05) is 5.69 Å². The molecule has 3 rings (SSSR count). The number of nitrogens with one attached hydrogen (secondary N) is 2. The largest absolute Gasteiger partial charge is 0.489 e. The summed E-state index contributed by atoms with van der Waals surface area (Å²) in [6.45, 7) is 4.24. The van der Waals surface area contributed by atoms with E-state index in [1.165, 1.54) is 5.56 Å². The Morgan fingerprint density at radius 1 is 0.969 bits per heavy atom. The Morgan fingerprint density at radius 3 is 2.31 bits per heavy atom. The van der Waals surface area contributed by atoms with Crippen LogP contribution in [0.25, 0.3) is 0 Å². The van der Waals surface area contributed by atoms with Crippen LogP contribution in [-0.2, 0) is 16.2 Å². The predicted molar refractivity (Wildman–Crippen MR) is 122 cm³/mol. The lowest BCUT2D eigenvalue weighted by atomic mass is 10.1. The van der Waals surface area contributed by atoms with Crippen molar-refractivity contribution in [1.82, 2.24) is 5.43 Å². The Labute approximate surface area is 186 Å². The smallest absolute Gasteiger partial charge is 0.329 e. The van der Waals surface area contributed by atoms with Gasteiger partial charge in [0.25, 0.3) is 0 Å². The molecule has 7 heteroatoms. The van der Waals surface area contributed by atoms with Gasteiger partial charge < -0.3 is 10.1 Å². The fourth-order valence-electron chi connectivity index (χ4n) is 2.79. The normalized spacial score (nSPS) is 10.7. The van der Waals surface area contributed by atoms with Crippen LogP contribution >= 0.6 is 0 Å². The van der Waals surface area contributed by atoms with E-state index in [2.05, 4.69) is 15.8 Å². The SMILES string of the molecule is CC(=NNC(=O)C(=O)Nc1ccc(C#N)cc1)c1ccc(OCc2ccccc2C)cc1. The molecule has 0 atom stereocenters. The van der Waals surface area contributed by atoms with Crippen molar-refractivity contribution in [3.05, 3.63) is 95.1 Å². The molecule has 0 aliphatic carbocycles. The number of nitriles is 1. The first-order chi connectivity index (χ1) is 15.5. The lowest BCUT2D eigenvalue weighted by molar-refractivity contribution is -0.136. The molecule has 0 aromatic heterocycles. The van der Waals surface area contributed by atoms with Crippen LogP contribution in [0.2, 0.25) is 0 Å². The number of hydrogen-bond acceptors (Lipinski definition) is 5. The van der Waals surface area contributed by atoms with Crippen LogP contribution in [0.3, 0.4) is 0 Å². The number of hydrazone groups is 1. The molecule has 3 aromatic rings. The van der Waals surface area contributed by atoms with Crippen molar-refractivity contribution in [3.8, 4) is 11.8 Å². The zero-order valence-electron chi connectivity index (χ0n) is 17.8. The summed E-state index contributed by atoms with van der Waals surface area (Å²) in [6, 6.07) is 23.5. The summed E-state index contributed by atoms with van der Waals surface area (Å²) in [5.41, 5.74) is 6.72. The lowest BCUT2D eigenvalue weighted by Gasteiger charge is -2.09. The average Bonchev–Trinajstić information content (AvgIpc) is 2.82. The first-order valence-electron chi connectivity index (χ1n) is 9.90. The van der Waals surface area contributed by atoms with E-state index in [9.17, 15) is 9.59 Å². The van der Waals surface area contributed by atoms with Crippen LogP contribution in [0, 0.1) is 18.3 Å². The van der Waals surface area contributed by atoms with Gasteiger partial charge in [-0.3, -0.25) is 9.59 Å². The van der Waals surface area contributed by atoms with Gasteiger partial charge in [0.15, 0.2) is 0 Å². The quantitative estimate of drug-likeness (QED) is 0.354. The van der Waals surface area contributed by atoms with Crippen molar-refractivity contribution in [2.75, 3.05) is 5.32 Å². The Bertz CT molecular complexity index is 1180. The highest BCUT2D eigenvalue weighted by atomic mass is 16.5. The molecular formula is C25H22N4O3. The maximum Gasteiger partial charge on any atom is 0.329 e. The van der Waals surface area contributed by atoms with Crippen LogP contribution in [0.5, 0.6) is 5.75 Å². The zero-order valence-corrected chi connectivity index (χ0v) is 17.8. The van der Waals surface area contributed by atoms with Gasteiger partial charge in [-0.25, -0.2) is 5.43 Å². The molecule has 3 aromatic carbocycles. The molecule has 0 spiro atoms. The number of anilines is 1. The molecule has 0 heterocycles. The Morgan fingerprint density at radius 2 is 1.66 bits per heavy atom. The third-order valence-corrected chi connectivity index (χ3v) is 4.73. The van der Waals surface area contributed by atoms with Gasteiger partial charge >= 0.3 is 11.8 Å². The second kappa shape index (κ2) is 10.5. The zero-order chi connectivity index (χ0) is 22.9. The summed E-state index contributed by atoms with van der Waals surface area (Å²) in [7, 11) is 0. The number of aryl methyl sites for hydroxylation is 1. The highest BCUT2D eigenvalue weighted by molar-refractivity contribution is 6.39. The van der Waals surface area contributed by atoms with Crippen LogP contribution in [0.15, 0.2) is 77.9 Å². The summed E-state index contributed by atoms with van der Waals surface area (Å²) in [6.07, 6.45) is 0. The first kappa shape index (κ1) is 22.2. The van der Waals surface area contributed by atoms with E-state index < -0.39 is 11.8 Å². The first-order valence-corrected chi connectivity index (χ1v) is 9.90. The molecule has 2 amide bonds. The Hall–Kier alpha value is -4.44. The number of carbonyl (C=O) groups is 2. The number of benzene rings is 3. The highest BCUT2D eigenvalue weighted by Gasteiger charge is 2.13. The van der Waals surface area contributed by atoms with E-state index in [0.29, 0.717) is 23.6 Å². The summed E-state index contributed by atoms with van der Waals surface area (Å²) in [5, 5.41) is 15.2. The van der Waals surface area contributed by atoms with Gasteiger partial charge in [-0.15, -0.1) is 0 Å². The van der Waals surface area contributed by atoms with Crippen LogP contribution in [-0.4, -0.2) is 17.5 Å². The van der Waals surface area contributed by atoms with Gasteiger partial charge in [-0.1, -0.05) is 24.3 Å². The molecule has 0 radical (unpaired) electrons. The van der Waals surface area contributed by atoms with Crippen LogP contribution in [0.1, 0.15) is 29.2 Å². The van der Waals surface area contributed by atoms with Crippen LogP contribution < -0.4 is 15.5 Å². The Kier molecular flexibility index (Phi) is 7.33. The van der Waals surface area contributed by atoms with Gasteiger partial charge in [-0.05, 0) is 79.1 Å². The van der Waals surface area contributed by atoms with Crippen LogP contribution in [0.4, 0.5) is 5.69 Å². The van der Waals surface area contributed by atoms with Crippen molar-refractivity contribution in [1.29, 1.82) is 5.26 Å². The van der Waals surface area contributed by atoms with Gasteiger partial charge in [0.1, 0.15) is 12.4 Å². The Balaban J connectivity index is 1.53. The minimum Gasteiger partial charge on any atom is -0.489 e. The monoisotopic (exact) mass is 426 g/mol. The van der Waals surface area contributed by atoms with Crippen molar-refractivity contribution in [3.63, 3.8) is 0 Å². The van der Waals surface area contributed by atoms with E-state index >= 15 is 0 Å². The third kappa shape index (κ3) is 6.03. The molecule has 0 fully saturated rings. The van der Waals surface area contributed by atoms with E-state index in [1.54, 1.807) is 31.2 Å². The molecule has 0 saturated carbocycles. The second-order valence-electron chi connectivity index (χ2n) is 7.02. The van der Waals surface area contributed by atoms with Crippen molar-refractivity contribution in [2.24, 2.45) is 5.10 Å². The molecule has 0 aliphatic heterocycles. The molecule has 0 aliphatic rings. The summed E-state index contributed by atoms with van der Waals surface area (Å²) < 4.78 is 5.83. The van der Waals surface area contributed by atoms with Crippen molar-refractivity contribution >= 4 is 23.2 Å². The highest BCUT2D eigenvalue weighted by Crippen LogP contribution is 2.16. The maximum atomic E-state index is 12.0. The molecule has 0 unspecified atom stereocenters. The summed E-state index contributed by atoms with van der Waals surface area (Å²) >= 11 is 0. The molecule has 2 N–H and O–H groups in total. The fourth-order valence-corrected chi connectivity index (χ4v) is 2.79. The van der Waals surface area contributed by atoms with E-state index in [0.717, 1.165) is 16.9 Å². The molecule has 7 nitrogen and oxygen atoms in total. The van der Waals surface area contributed by atoms with E-state index in [1.807, 2.05) is 61.5 Å². The van der Waals surface area contributed by atoms with E-state index in [-0.39, 0.29) is 0 Å². The minimum atomic E-state index is -0.896. The fraction of sp³-hybridized carbons (Fsp3) is 0.120. The topological polar surface area (TPSA) is 104 Å². The number of nitrogens with zero attached hydrogens (tertiary/aromatic N) is 2. The minimum absolute atomic E-state index is 0.408. The van der Waals surface area contributed by atoms with Gasteiger partial charge in [0.05, 0.1) is 17.3 Å². The van der Waals surface area contributed by atoms with Crippen molar-refractivity contribution < 1.29 is 14.3 Å². The summed E-state index contributed by atoms with van der Waals surface area (Å²) in [5.74, 6) is -1.03.